The van der Waals surface area contributed by atoms with Gasteiger partial charge in [-0.2, -0.15) is 22.0 Å². The predicted octanol–water partition coefficient (Wildman–Crippen LogP) is 2.95. The lowest BCUT2D eigenvalue weighted by molar-refractivity contribution is -0.269. The summed E-state index contributed by atoms with van der Waals surface area (Å²) in [5.41, 5.74) is 0. The predicted molar refractivity (Wildman–Crippen MR) is 68.1 cm³/mol. The Labute approximate surface area is 120 Å². The summed E-state index contributed by atoms with van der Waals surface area (Å²) < 4.78 is 61.1. The van der Waals surface area contributed by atoms with Crippen LogP contribution in [0.3, 0.4) is 0 Å². The summed E-state index contributed by atoms with van der Waals surface area (Å²) in [6, 6.07) is 0.436. The smallest absolute Gasteiger partial charge is 0.351 e. The molecule has 3 nitrogen and oxygen atoms in total. The van der Waals surface area contributed by atoms with Gasteiger partial charge in [-0.05, 0) is 32.9 Å². The van der Waals surface area contributed by atoms with E-state index in [2.05, 4.69) is 4.90 Å². The second kappa shape index (κ2) is 7.38. The molecule has 1 rings (SSSR count). The SMILES string of the molecule is CN(CCCNC(=O)C(F)(F)C(F)(F)F)C1CCCCC1. The molecule has 0 aromatic heterocycles. The average molecular weight is 316 g/mol. The first-order valence-corrected chi connectivity index (χ1v) is 7.09. The zero-order valence-electron chi connectivity index (χ0n) is 12.0. The first kappa shape index (κ1) is 18.1. The third kappa shape index (κ3) is 5.09. The van der Waals surface area contributed by atoms with Gasteiger partial charge in [-0.25, -0.2) is 0 Å². The maximum atomic E-state index is 12.7. The van der Waals surface area contributed by atoms with Gasteiger partial charge < -0.3 is 10.2 Å². The normalized spacial score (nSPS) is 18.0. The number of carbonyl (C=O) groups excluding carboxylic acids is 1. The number of nitrogens with zero attached hydrogens (tertiary/aromatic N) is 1. The Bertz CT molecular complexity index is 340. The lowest BCUT2D eigenvalue weighted by atomic mass is 9.94. The van der Waals surface area contributed by atoms with E-state index in [0.29, 0.717) is 19.0 Å². The fourth-order valence-electron chi connectivity index (χ4n) is 2.47. The topological polar surface area (TPSA) is 32.3 Å². The van der Waals surface area contributed by atoms with E-state index < -0.39 is 18.0 Å². The monoisotopic (exact) mass is 316 g/mol. The minimum absolute atomic E-state index is 0.193. The van der Waals surface area contributed by atoms with E-state index in [1.807, 2.05) is 7.05 Å². The van der Waals surface area contributed by atoms with Crippen molar-refractivity contribution in [1.29, 1.82) is 0 Å². The molecule has 0 spiro atoms. The molecule has 0 aliphatic heterocycles. The molecule has 0 bridgehead atoms. The molecule has 1 aliphatic rings. The van der Waals surface area contributed by atoms with E-state index in [1.54, 1.807) is 5.32 Å². The average Bonchev–Trinajstić information content (AvgIpc) is 2.42. The van der Waals surface area contributed by atoms with Crippen LogP contribution in [0.15, 0.2) is 0 Å². The van der Waals surface area contributed by atoms with Crippen LogP contribution in [0.5, 0.6) is 0 Å². The Morgan fingerprint density at radius 3 is 2.24 bits per heavy atom. The second-order valence-corrected chi connectivity index (χ2v) is 5.45. The van der Waals surface area contributed by atoms with Gasteiger partial charge >= 0.3 is 12.1 Å². The quantitative estimate of drug-likeness (QED) is 0.603. The first-order valence-electron chi connectivity index (χ1n) is 7.09. The molecule has 124 valence electrons. The molecule has 1 fully saturated rings. The van der Waals surface area contributed by atoms with Crippen LogP contribution in [0.1, 0.15) is 38.5 Å². The largest absolute Gasteiger partial charge is 0.463 e. The third-order valence-corrected chi connectivity index (χ3v) is 3.81. The molecule has 0 aromatic rings. The van der Waals surface area contributed by atoms with Gasteiger partial charge in [0.2, 0.25) is 0 Å². The van der Waals surface area contributed by atoms with Gasteiger partial charge in [0.25, 0.3) is 5.91 Å². The summed E-state index contributed by atoms with van der Waals surface area (Å²) in [5.74, 6) is -7.61. The third-order valence-electron chi connectivity index (χ3n) is 3.81. The number of carbonyl (C=O) groups is 1. The van der Waals surface area contributed by atoms with Gasteiger partial charge in [-0.3, -0.25) is 4.79 Å². The highest BCUT2D eigenvalue weighted by Crippen LogP contribution is 2.35. The van der Waals surface area contributed by atoms with Crippen molar-refractivity contribution in [3.63, 3.8) is 0 Å². The molecule has 0 saturated heterocycles. The summed E-state index contributed by atoms with van der Waals surface area (Å²) in [6.45, 7) is 0.365. The number of halogens is 5. The van der Waals surface area contributed by atoms with Crippen molar-refractivity contribution < 1.29 is 26.7 Å². The Morgan fingerprint density at radius 1 is 1.14 bits per heavy atom. The summed E-state index contributed by atoms with van der Waals surface area (Å²) in [4.78, 5) is 12.9. The van der Waals surface area contributed by atoms with Crippen molar-refractivity contribution in [1.82, 2.24) is 10.2 Å². The van der Waals surface area contributed by atoms with Crippen LogP contribution in [0, 0.1) is 0 Å². The van der Waals surface area contributed by atoms with E-state index in [4.69, 9.17) is 0 Å². The first-order chi connectivity index (χ1) is 9.66. The number of hydrogen-bond acceptors (Lipinski definition) is 2. The highest BCUT2D eigenvalue weighted by atomic mass is 19.4. The van der Waals surface area contributed by atoms with E-state index in [-0.39, 0.29) is 6.54 Å². The van der Waals surface area contributed by atoms with Gasteiger partial charge in [0.1, 0.15) is 0 Å². The maximum Gasteiger partial charge on any atom is 0.463 e. The molecule has 1 N–H and O–H groups in total. The number of hydrogen-bond donors (Lipinski definition) is 1. The Morgan fingerprint density at radius 2 is 1.71 bits per heavy atom. The molecule has 0 unspecified atom stereocenters. The molecule has 0 atom stereocenters. The molecular weight excluding hydrogens is 295 g/mol. The molecular formula is C13H21F5N2O. The van der Waals surface area contributed by atoms with Crippen LogP contribution in [0.2, 0.25) is 0 Å². The zero-order chi connectivity index (χ0) is 16.1. The minimum Gasteiger partial charge on any atom is -0.351 e. The highest BCUT2D eigenvalue weighted by molar-refractivity contribution is 5.84. The van der Waals surface area contributed by atoms with Crippen LogP contribution in [0.25, 0.3) is 0 Å². The van der Waals surface area contributed by atoms with Crippen molar-refractivity contribution >= 4 is 5.91 Å². The lowest BCUT2D eigenvalue weighted by Crippen LogP contribution is -2.50. The van der Waals surface area contributed by atoms with Crippen LogP contribution >= 0.6 is 0 Å². The summed E-state index contributed by atoms with van der Waals surface area (Å²) in [6.07, 6.45) is 0.173. The van der Waals surface area contributed by atoms with Crippen molar-refractivity contribution in [2.75, 3.05) is 20.1 Å². The molecule has 8 heteroatoms. The minimum atomic E-state index is -5.85. The number of rotatable bonds is 6. The van der Waals surface area contributed by atoms with Crippen molar-refractivity contribution in [3.05, 3.63) is 0 Å². The summed E-state index contributed by atoms with van der Waals surface area (Å²) in [7, 11) is 1.90. The standard InChI is InChI=1S/C13H21F5N2O/c1-20(10-6-3-2-4-7-10)9-5-8-19-11(21)12(14,15)13(16,17)18/h10H,2-9H2,1H3,(H,19,21). The maximum absolute atomic E-state index is 12.7. The fourth-order valence-corrected chi connectivity index (χ4v) is 2.47. The molecule has 21 heavy (non-hydrogen) atoms. The number of alkyl halides is 5. The van der Waals surface area contributed by atoms with Gasteiger partial charge in [0.05, 0.1) is 0 Å². The molecule has 1 saturated carbocycles. The molecule has 1 aliphatic carbocycles. The van der Waals surface area contributed by atoms with Gasteiger partial charge in [0, 0.05) is 12.6 Å². The Kier molecular flexibility index (Phi) is 6.37. The zero-order valence-corrected chi connectivity index (χ0v) is 12.0. The summed E-state index contributed by atoms with van der Waals surface area (Å²) >= 11 is 0. The second-order valence-electron chi connectivity index (χ2n) is 5.45. The molecule has 0 heterocycles. The fraction of sp³-hybridized carbons (Fsp3) is 0.923. The molecule has 0 radical (unpaired) electrons. The van der Waals surface area contributed by atoms with Crippen LogP contribution < -0.4 is 5.32 Å². The van der Waals surface area contributed by atoms with Crippen molar-refractivity contribution in [2.24, 2.45) is 0 Å². The van der Waals surface area contributed by atoms with Crippen LogP contribution in [-0.4, -0.2) is 49.1 Å². The van der Waals surface area contributed by atoms with Gasteiger partial charge in [-0.15, -0.1) is 0 Å². The lowest BCUT2D eigenvalue weighted by Gasteiger charge is -2.31. The van der Waals surface area contributed by atoms with E-state index in [0.717, 1.165) is 25.7 Å². The van der Waals surface area contributed by atoms with Crippen molar-refractivity contribution in [3.8, 4) is 0 Å². The highest BCUT2D eigenvalue weighted by Gasteiger charge is 2.63. The number of nitrogens with one attached hydrogen (secondary N) is 1. The van der Waals surface area contributed by atoms with Gasteiger partial charge in [0.15, 0.2) is 0 Å². The van der Waals surface area contributed by atoms with Crippen molar-refractivity contribution in [2.45, 2.75) is 56.7 Å². The van der Waals surface area contributed by atoms with E-state index >= 15 is 0 Å². The number of amides is 1. The van der Waals surface area contributed by atoms with Crippen LogP contribution in [0.4, 0.5) is 22.0 Å². The van der Waals surface area contributed by atoms with E-state index in [9.17, 15) is 26.7 Å². The van der Waals surface area contributed by atoms with E-state index in [1.165, 1.54) is 6.42 Å². The Hall–Kier alpha value is -0.920. The molecule has 1 amide bonds. The summed E-state index contributed by atoms with van der Waals surface area (Å²) in [5, 5.41) is 1.65. The van der Waals surface area contributed by atoms with Gasteiger partial charge in [-0.1, -0.05) is 19.3 Å². The molecule has 0 aromatic carbocycles. The Balaban J connectivity index is 2.26. The van der Waals surface area contributed by atoms with Crippen LogP contribution in [-0.2, 0) is 4.79 Å².